The quantitative estimate of drug-likeness (QED) is 0.304. The van der Waals surface area contributed by atoms with E-state index in [2.05, 4.69) is 34.7 Å². The summed E-state index contributed by atoms with van der Waals surface area (Å²) in [6.07, 6.45) is 1.99. The lowest BCUT2D eigenvalue weighted by Gasteiger charge is -2.10. The van der Waals surface area contributed by atoms with E-state index in [0.29, 0.717) is 12.2 Å². The summed E-state index contributed by atoms with van der Waals surface area (Å²) in [6, 6.07) is 28.6. The summed E-state index contributed by atoms with van der Waals surface area (Å²) < 4.78 is 7.54. The first kappa shape index (κ1) is 18.6. The summed E-state index contributed by atoms with van der Waals surface area (Å²) in [5.74, 6) is -0.313. The Morgan fingerprint density at radius 2 is 1.69 bits per heavy atom. The summed E-state index contributed by atoms with van der Waals surface area (Å²) in [6.45, 7) is 2.16. The van der Waals surface area contributed by atoms with Gasteiger partial charge in [0.1, 0.15) is 0 Å². The number of ether oxygens (including phenoxy) is 1. The number of para-hydroxylation sites is 1. The number of pyridine rings is 2. The Morgan fingerprint density at radius 3 is 2.56 bits per heavy atom. The average Bonchev–Trinajstić information content (AvgIpc) is 3.19. The van der Waals surface area contributed by atoms with Crippen molar-refractivity contribution in [2.45, 2.75) is 6.92 Å². The largest absolute Gasteiger partial charge is 0.462 e. The summed E-state index contributed by atoms with van der Waals surface area (Å²) in [5, 5.41) is 4.15. The van der Waals surface area contributed by atoms with Gasteiger partial charge in [-0.1, -0.05) is 60.7 Å². The molecule has 0 bridgehead atoms. The molecule has 4 nitrogen and oxygen atoms in total. The predicted molar refractivity (Wildman–Crippen MR) is 129 cm³/mol. The van der Waals surface area contributed by atoms with E-state index in [1.54, 1.807) is 0 Å². The number of esters is 1. The molecule has 3 aromatic carbocycles. The second kappa shape index (κ2) is 7.20. The number of aromatic nitrogens is 2. The molecule has 0 radical (unpaired) electrons. The lowest BCUT2D eigenvalue weighted by Crippen LogP contribution is -2.04. The summed E-state index contributed by atoms with van der Waals surface area (Å²) >= 11 is 0. The molecule has 3 aromatic heterocycles. The maximum atomic E-state index is 13.1. The average molecular weight is 416 g/mol. The molecular formula is C28H20N2O2. The van der Waals surface area contributed by atoms with Gasteiger partial charge >= 0.3 is 5.97 Å². The molecule has 0 N–H and O–H groups in total. The van der Waals surface area contributed by atoms with Gasteiger partial charge in [-0.25, -0.2) is 9.78 Å². The fourth-order valence-corrected chi connectivity index (χ4v) is 4.61. The number of hydrogen-bond donors (Lipinski definition) is 0. The molecule has 4 heteroatoms. The molecule has 0 aliphatic rings. The molecule has 0 aliphatic carbocycles. The molecule has 0 saturated carbocycles. The van der Waals surface area contributed by atoms with Crippen LogP contribution >= 0.6 is 0 Å². The molecule has 0 aliphatic heterocycles. The maximum absolute atomic E-state index is 13.1. The van der Waals surface area contributed by atoms with Crippen molar-refractivity contribution in [1.29, 1.82) is 0 Å². The Labute approximate surface area is 184 Å². The van der Waals surface area contributed by atoms with Gasteiger partial charge in [0, 0.05) is 22.5 Å². The summed E-state index contributed by atoms with van der Waals surface area (Å²) in [7, 11) is 0. The molecular weight excluding hydrogens is 396 g/mol. The number of nitrogens with zero attached hydrogens (tertiary/aromatic N) is 2. The number of benzene rings is 3. The standard InChI is InChI=1S/C28H20N2O2/c1-2-32-28(31)25-23-13-7-8-16-30(23)27-24(25)21-11-5-6-12-22(21)29-26(27)20-15-14-18-9-3-4-10-19(18)17-20/h3-17H,2H2,1H3. The first-order valence-electron chi connectivity index (χ1n) is 10.7. The van der Waals surface area contributed by atoms with Crippen molar-refractivity contribution in [3.63, 3.8) is 0 Å². The number of rotatable bonds is 3. The van der Waals surface area contributed by atoms with Gasteiger partial charge in [0.05, 0.1) is 34.4 Å². The van der Waals surface area contributed by atoms with Gasteiger partial charge in [-0.3, -0.25) is 0 Å². The van der Waals surface area contributed by atoms with Crippen molar-refractivity contribution in [2.75, 3.05) is 6.61 Å². The van der Waals surface area contributed by atoms with Crippen LogP contribution in [0.1, 0.15) is 17.3 Å². The molecule has 3 heterocycles. The lowest BCUT2D eigenvalue weighted by molar-refractivity contribution is 0.0531. The second-order valence-corrected chi connectivity index (χ2v) is 7.81. The van der Waals surface area contributed by atoms with Crippen LogP contribution in [0.2, 0.25) is 0 Å². The number of carbonyl (C=O) groups excluding carboxylic acids is 1. The smallest absolute Gasteiger partial charge is 0.340 e. The zero-order valence-corrected chi connectivity index (χ0v) is 17.6. The summed E-state index contributed by atoms with van der Waals surface area (Å²) in [4.78, 5) is 18.2. The number of hydrogen-bond acceptors (Lipinski definition) is 3. The Balaban J connectivity index is 1.81. The van der Waals surface area contributed by atoms with Crippen LogP contribution in [0, 0.1) is 0 Å². The SMILES string of the molecule is CCOC(=O)c1c2c3ccccc3nc(-c3ccc4ccccc4c3)c2n2ccccc12. The third kappa shape index (κ3) is 2.70. The van der Waals surface area contributed by atoms with Crippen molar-refractivity contribution in [1.82, 2.24) is 9.38 Å². The van der Waals surface area contributed by atoms with Crippen LogP contribution in [-0.4, -0.2) is 22.0 Å². The van der Waals surface area contributed by atoms with E-state index >= 15 is 0 Å². The zero-order chi connectivity index (χ0) is 21.7. The molecule has 0 unspecified atom stereocenters. The minimum atomic E-state index is -0.313. The molecule has 0 atom stereocenters. The molecule has 6 rings (SSSR count). The highest BCUT2D eigenvalue weighted by molar-refractivity contribution is 6.22. The Kier molecular flexibility index (Phi) is 4.18. The van der Waals surface area contributed by atoms with E-state index in [9.17, 15) is 4.79 Å². The van der Waals surface area contributed by atoms with Crippen LogP contribution in [0.5, 0.6) is 0 Å². The van der Waals surface area contributed by atoms with Crippen molar-refractivity contribution in [3.8, 4) is 11.3 Å². The van der Waals surface area contributed by atoms with E-state index in [4.69, 9.17) is 9.72 Å². The first-order valence-corrected chi connectivity index (χ1v) is 10.7. The molecule has 0 spiro atoms. The van der Waals surface area contributed by atoms with Crippen LogP contribution in [-0.2, 0) is 4.74 Å². The third-order valence-electron chi connectivity index (χ3n) is 5.98. The maximum Gasteiger partial charge on any atom is 0.340 e. The van der Waals surface area contributed by atoms with Gasteiger partial charge in [-0.15, -0.1) is 0 Å². The Bertz CT molecular complexity index is 1660. The van der Waals surface area contributed by atoms with E-state index in [0.717, 1.165) is 44.0 Å². The van der Waals surface area contributed by atoms with Crippen molar-refractivity contribution >= 4 is 44.1 Å². The van der Waals surface area contributed by atoms with E-state index in [1.165, 1.54) is 5.39 Å². The first-order chi connectivity index (χ1) is 15.8. The molecule has 0 fully saturated rings. The lowest BCUT2D eigenvalue weighted by atomic mass is 10.0. The molecule has 0 saturated heterocycles. The van der Waals surface area contributed by atoms with Crippen LogP contribution in [0.4, 0.5) is 0 Å². The minimum absolute atomic E-state index is 0.313. The van der Waals surface area contributed by atoms with Crippen molar-refractivity contribution in [3.05, 3.63) is 96.7 Å². The Morgan fingerprint density at radius 1 is 0.906 bits per heavy atom. The van der Waals surface area contributed by atoms with Gasteiger partial charge in [0.25, 0.3) is 0 Å². The second-order valence-electron chi connectivity index (χ2n) is 7.81. The van der Waals surface area contributed by atoms with E-state index in [-0.39, 0.29) is 5.97 Å². The third-order valence-corrected chi connectivity index (χ3v) is 5.98. The fourth-order valence-electron chi connectivity index (χ4n) is 4.61. The zero-order valence-electron chi connectivity index (χ0n) is 17.6. The molecule has 6 aromatic rings. The molecule has 154 valence electrons. The van der Waals surface area contributed by atoms with E-state index < -0.39 is 0 Å². The molecule has 32 heavy (non-hydrogen) atoms. The van der Waals surface area contributed by atoms with Crippen LogP contribution in [0.25, 0.3) is 49.4 Å². The van der Waals surface area contributed by atoms with Gasteiger partial charge in [0.15, 0.2) is 0 Å². The highest BCUT2D eigenvalue weighted by Gasteiger charge is 2.24. The van der Waals surface area contributed by atoms with Crippen molar-refractivity contribution < 1.29 is 9.53 Å². The molecule has 0 amide bonds. The topological polar surface area (TPSA) is 43.6 Å². The monoisotopic (exact) mass is 416 g/mol. The van der Waals surface area contributed by atoms with Gasteiger partial charge in [-0.05, 0) is 42.0 Å². The highest BCUT2D eigenvalue weighted by Crippen LogP contribution is 2.38. The fraction of sp³-hybridized carbons (Fsp3) is 0.0714. The normalized spacial score (nSPS) is 11.5. The predicted octanol–water partition coefficient (Wildman–Crippen LogP) is 6.64. The van der Waals surface area contributed by atoms with Gasteiger partial charge < -0.3 is 9.14 Å². The van der Waals surface area contributed by atoms with Crippen molar-refractivity contribution in [2.24, 2.45) is 0 Å². The highest BCUT2D eigenvalue weighted by atomic mass is 16.5. The van der Waals surface area contributed by atoms with E-state index in [1.807, 2.05) is 67.7 Å². The van der Waals surface area contributed by atoms with Crippen LogP contribution in [0.15, 0.2) is 91.1 Å². The van der Waals surface area contributed by atoms with Gasteiger partial charge in [0.2, 0.25) is 0 Å². The van der Waals surface area contributed by atoms with Crippen LogP contribution < -0.4 is 0 Å². The summed E-state index contributed by atoms with van der Waals surface area (Å²) in [5.41, 5.74) is 5.03. The number of carbonyl (C=O) groups is 1. The van der Waals surface area contributed by atoms with Gasteiger partial charge in [-0.2, -0.15) is 0 Å². The number of fused-ring (bicyclic) bond motifs is 6. The Hall–Kier alpha value is -4.18. The minimum Gasteiger partial charge on any atom is -0.462 e. The van der Waals surface area contributed by atoms with Crippen LogP contribution in [0.3, 0.4) is 0 Å².